The van der Waals surface area contributed by atoms with Crippen LogP contribution in [0.4, 0.5) is 0 Å². The van der Waals surface area contributed by atoms with Crippen molar-refractivity contribution < 1.29 is 9.90 Å². The number of hydrogen-bond donors (Lipinski definition) is 1. The zero-order chi connectivity index (χ0) is 12.5. The lowest BCUT2D eigenvalue weighted by atomic mass is 10.2. The third-order valence-corrected chi connectivity index (χ3v) is 3.65. The summed E-state index contributed by atoms with van der Waals surface area (Å²) >= 11 is 3.15. The van der Waals surface area contributed by atoms with Crippen molar-refractivity contribution in [3.8, 4) is 0 Å². The number of carboxylic acid groups (broad SMARTS) is 1. The minimum Gasteiger partial charge on any atom is -0.477 e. The lowest BCUT2D eigenvalue weighted by Crippen LogP contribution is -2.22. The molecule has 0 aliphatic rings. The molecule has 0 saturated heterocycles. The second-order valence-corrected chi connectivity index (χ2v) is 4.53. The molecule has 88 valence electrons. The zero-order valence-corrected chi connectivity index (χ0v) is 11.0. The number of halogens is 1. The van der Waals surface area contributed by atoms with Crippen molar-refractivity contribution in [2.24, 2.45) is 0 Å². The van der Waals surface area contributed by atoms with Crippen LogP contribution in [0.15, 0.2) is 15.5 Å². The van der Waals surface area contributed by atoms with E-state index in [4.69, 9.17) is 5.11 Å². The summed E-state index contributed by atoms with van der Waals surface area (Å²) in [7, 11) is 0. The van der Waals surface area contributed by atoms with Crippen LogP contribution in [0.25, 0.3) is 0 Å². The van der Waals surface area contributed by atoms with Gasteiger partial charge in [-0.05, 0) is 36.2 Å². The van der Waals surface area contributed by atoms with Gasteiger partial charge in [0.05, 0.1) is 4.47 Å². The maximum Gasteiger partial charge on any atom is 0.341 e. The molecule has 1 rings (SSSR count). The first kappa shape index (κ1) is 13.0. The first-order chi connectivity index (χ1) is 7.40. The standard InChI is InChI=1S/C11H14BrNO3/c1-4-6(2)13-5-8(11(15)16)10(14)9(12)7(13)3/h5-6H,4H2,1-3H3,(H,15,16). The summed E-state index contributed by atoms with van der Waals surface area (Å²) in [6.45, 7) is 5.79. The molecule has 16 heavy (non-hydrogen) atoms. The molecular weight excluding hydrogens is 274 g/mol. The predicted octanol–water partition coefficient (Wildman–Crippen LogP) is 2.59. The monoisotopic (exact) mass is 287 g/mol. The Morgan fingerprint density at radius 2 is 2.19 bits per heavy atom. The molecule has 0 spiro atoms. The summed E-state index contributed by atoms with van der Waals surface area (Å²) < 4.78 is 2.14. The molecule has 1 atom stereocenters. The van der Waals surface area contributed by atoms with E-state index < -0.39 is 11.4 Å². The van der Waals surface area contributed by atoms with Gasteiger partial charge in [0.1, 0.15) is 5.56 Å². The highest BCUT2D eigenvalue weighted by Gasteiger charge is 2.17. The number of rotatable bonds is 3. The van der Waals surface area contributed by atoms with E-state index in [2.05, 4.69) is 15.9 Å². The molecule has 1 N–H and O–H groups in total. The van der Waals surface area contributed by atoms with Gasteiger partial charge < -0.3 is 9.67 Å². The minimum absolute atomic E-state index is 0.162. The van der Waals surface area contributed by atoms with Crippen LogP contribution in [0.3, 0.4) is 0 Å². The average Bonchev–Trinajstić information content (AvgIpc) is 2.25. The van der Waals surface area contributed by atoms with E-state index in [0.717, 1.165) is 12.1 Å². The Morgan fingerprint density at radius 1 is 1.62 bits per heavy atom. The van der Waals surface area contributed by atoms with Gasteiger partial charge in [0, 0.05) is 17.9 Å². The van der Waals surface area contributed by atoms with E-state index >= 15 is 0 Å². The fraction of sp³-hybridized carbons (Fsp3) is 0.455. The van der Waals surface area contributed by atoms with Crippen molar-refractivity contribution in [2.45, 2.75) is 33.2 Å². The van der Waals surface area contributed by atoms with Crippen LogP contribution < -0.4 is 5.43 Å². The highest BCUT2D eigenvalue weighted by atomic mass is 79.9. The summed E-state index contributed by atoms with van der Waals surface area (Å²) in [6.07, 6.45) is 2.29. The molecule has 5 heteroatoms. The third-order valence-electron chi connectivity index (χ3n) is 2.71. The molecule has 0 fully saturated rings. The smallest absolute Gasteiger partial charge is 0.341 e. The number of pyridine rings is 1. The second kappa shape index (κ2) is 4.82. The first-order valence-corrected chi connectivity index (χ1v) is 5.84. The topological polar surface area (TPSA) is 59.3 Å². The number of carbonyl (C=O) groups is 1. The highest BCUT2D eigenvalue weighted by Crippen LogP contribution is 2.19. The Labute approximate surface area is 102 Å². The van der Waals surface area contributed by atoms with Crippen LogP contribution in [0.5, 0.6) is 0 Å². The number of carboxylic acids is 1. The molecule has 0 bridgehead atoms. The van der Waals surface area contributed by atoms with E-state index in [0.29, 0.717) is 4.47 Å². The Morgan fingerprint density at radius 3 is 2.62 bits per heavy atom. The van der Waals surface area contributed by atoms with Gasteiger partial charge in [0.25, 0.3) is 0 Å². The number of nitrogens with zero attached hydrogens (tertiary/aromatic N) is 1. The fourth-order valence-corrected chi connectivity index (χ4v) is 1.92. The highest BCUT2D eigenvalue weighted by molar-refractivity contribution is 9.10. The van der Waals surface area contributed by atoms with Crippen LogP contribution in [-0.2, 0) is 0 Å². The molecule has 1 aromatic rings. The average molecular weight is 288 g/mol. The molecule has 0 saturated carbocycles. The SMILES string of the molecule is CCC(C)n1cc(C(=O)O)c(=O)c(Br)c1C. The van der Waals surface area contributed by atoms with E-state index in [9.17, 15) is 9.59 Å². The van der Waals surface area contributed by atoms with Crippen LogP contribution in [0.2, 0.25) is 0 Å². The number of aromatic carboxylic acids is 1. The van der Waals surface area contributed by atoms with Gasteiger partial charge in [-0.2, -0.15) is 0 Å². The van der Waals surface area contributed by atoms with E-state index in [1.54, 1.807) is 6.92 Å². The quantitative estimate of drug-likeness (QED) is 0.930. The van der Waals surface area contributed by atoms with Crippen LogP contribution in [0, 0.1) is 6.92 Å². The number of aromatic nitrogens is 1. The van der Waals surface area contributed by atoms with Gasteiger partial charge in [0.2, 0.25) is 5.43 Å². The molecule has 1 unspecified atom stereocenters. The molecule has 1 aromatic heterocycles. The zero-order valence-electron chi connectivity index (χ0n) is 9.45. The molecule has 1 heterocycles. The van der Waals surface area contributed by atoms with Gasteiger partial charge in [-0.1, -0.05) is 6.92 Å². The van der Waals surface area contributed by atoms with Crippen molar-refractivity contribution in [1.82, 2.24) is 4.57 Å². The Balaban J connectivity index is 3.53. The summed E-state index contributed by atoms with van der Waals surface area (Å²) in [5.74, 6) is -1.19. The van der Waals surface area contributed by atoms with Gasteiger partial charge in [-0.15, -0.1) is 0 Å². The first-order valence-electron chi connectivity index (χ1n) is 5.04. The summed E-state index contributed by atoms with van der Waals surface area (Å²) in [6, 6.07) is 0.162. The normalized spacial score (nSPS) is 12.5. The number of hydrogen-bond acceptors (Lipinski definition) is 2. The largest absolute Gasteiger partial charge is 0.477 e. The van der Waals surface area contributed by atoms with Crippen molar-refractivity contribution in [3.05, 3.63) is 32.2 Å². The third kappa shape index (κ3) is 2.19. The summed E-state index contributed by atoms with van der Waals surface area (Å²) in [4.78, 5) is 22.6. The van der Waals surface area contributed by atoms with Crippen LogP contribution in [0.1, 0.15) is 42.4 Å². The van der Waals surface area contributed by atoms with Gasteiger partial charge in [-0.25, -0.2) is 4.79 Å². The van der Waals surface area contributed by atoms with Crippen molar-refractivity contribution >= 4 is 21.9 Å². The van der Waals surface area contributed by atoms with Gasteiger partial charge in [-0.3, -0.25) is 4.79 Å². The molecule has 0 amide bonds. The Kier molecular flexibility index (Phi) is 3.91. The summed E-state index contributed by atoms with van der Waals surface area (Å²) in [5.41, 5.74) is 0.0895. The van der Waals surface area contributed by atoms with Crippen molar-refractivity contribution in [2.75, 3.05) is 0 Å². The lowest BCUT2D eigenvalue weighted by molar-refractivity contribution is 0.0694. The maximum absolute atomic E-state index is 11.7. The van der Waals surface area contributed by atoms with Crippen molar-refractivity contribution in [3.63, 3.8) is 0 Å². The molecule has 0 radical (unpaired) electrons. The van der Waals surface area contributed by atoms with E-state index in [1.807, 2.05) is 18.4 Å². The van der Waals surface area contributed by atoms with Crippen LogP contribution >= 0.6 is 15.9 Å². The molecule has 0 aliphatic carbocycles. The van der Waals surface area contributed by atoms with E-state index in [-0.39, 0.29) is 11.6 Å². The Bertz CT molecular complexity index is 479. The van der Waals surface area contributed by atoms with Gasteiger partial charge in [0.15, 0.2) is 0 Å². The van der Waals surface area contributed by atoms with Gasteiger partial charge >= 0.3 is 5.97 Å². The molecule has 0 aliphatic heterocycles. The lowest BCUT2D eigenvalue weighted by Gasteiger charge is -2.19. The molecular formula is C11H14BrNO3. The fourth-order valence-electron chi connectivity index (χ4n) is 1.50. The minimum atomic E-state index is -1.19. The van der Waals surface area contributed by atoms with Crippen molar-refractivity contribution in [1.29, 1.82) is 0 Å². The summed E-state index contributed by atoms with van der Waals surface area (Å²) in [5, 5.41) is 8.93. The predicted molar refractivity (Wildman–Crippen MR) is 65.1 cm³/mol. The molecule has 4 nitrogen and oxygen atoms in total. The second-order valence-electron chi connectivity index (χ2n) is 3.74. The Hall–Kier alpha value is -1.10. The van der Waals surface area contributed by atoms with E-state index in [1.165, 1.54) is 6.20 Å². The maximum atomic E-state index is 11.7. The molecule has 0 aromatic carbocycles. The van der Waals surface area contributed by atoms with Crippen LogP contribution in [-0.4, -0.2) is 15.6 Å².